The number of carbonyl (C=O) groups is 1. The van der Waals surface area contributed by atoms with E-state index in [1.54, 1.807) is 18.2 Å². The van der Waals surface area contributed by atoms with E-state index in [-0.39, 0.29) is 19.1 Å². The van der Waals surface area contributed by atoms with Gasteiger partial charge in [-0.3, -0.25) is 4.79 Å². The predicted molar refractivity (Wildman–Crippen MR) is 82.0 cm³/mol. The summed E-state index contributed by atoms with van der Waals surface area (Å²) in [7, 11) is 0. The molecule has 1 amide bonds. The summed E-state index contributed by atoms with van der Waals surface area (Å²) >= 11 is 0. The first kappa shape index (κ1) is 15.6. The van der Waals surface area contributed by atoms with E-state index in [4.69, 9.17) is 9.84 Å². The van der Waals surface area contributed by atoms with Crippen molar-refractivity contribution >= 4 is 5.91 Å². The van der Waals surface area contributed by atoms with Crippen LogP contribution in [0.4, 0.5) is 0 Å². The summed E-state index contributed by atoms with van der Waals surface area (Å²) in [5.41, 5.74) is 2.23. The van der Waals surface area contributed by atoms with Crippen molar-refractivity contribution in [1.29, 1.82) is 0 Å². The number of nitrogens with one attached hydrogen (secondary N) is 1. The van der Waals surface area contributed by atoms with Crippen molar-refractivity contribution in [3.8, 4) is 5.75 Å². The Morgan fingerprint density at radius 2 is 2.24 bits per heavy atom. The van der Waals surface area contributed by atoms with Crippen molar-refractivity contribution in [2.24, 2.45) is 0 Å². The largest absolute Gasteiger partial charge is 0.484 e. The molecular formula is C17H23NO3. The normalized spacial score (nSPS) is 14.4. The summed E-state index contributed by atoms with van der Waals surface area (Å²) in [6, 6.07) is 7.12. The summed E-state index contributed by atoms with van der Waals surface area (Å²) in [4.78, 5) is 11.7. The lowest BCUT2D eigenvalue weighted by molar-refractivity contribution is -0.123. The lowest BCUT2D eigenvalue weighted by Gasteiger charge is -2.13. The van der Waals surface area contributed by atoms with Gasteiger partial charge in [0.2, 0.25) is 0 Å². The maximum absolute atomic E-state index is 11.7. The van der Waals surface area contributed by atoms with Crippen molar-refractivity contribution < 1.29 is 14.6 Å². The summed E-state index contributed by atoms with van der Waals surface area (Å²) in [6.07, 6.45) is 8.13. The van der Waals surface area contributed by atoms with E-state index in [0.29, 0.717) is 12.3 Å². The second-order valence-corrected chi connectivity index (χ2v) is 5.30. The average molecular weight is 289 g/mol. The minimum atomic E-state index is -0.110. The van der Waals surface area contributed by atoms with E-state index in [2.05, 4.69) is 11.4 Å². The van der Waals surface area contributed by atoms with Gasteiger partial charge in [0.1, 0.15) is 5.75 Å². The van der Waals surface area contributed by atoms with Crippen molar-refractivity contribution in [3.05, 3.63) is 41.5 Å². The molecular weight excluding hydrogens is 266 g/mol. The van der Waals surface area contributed by atoms with Gasteiger partial charge in [0, 0.05) is 6.54 Å². The van der Waals surface area contributed by atoms with Crippen LogP contribution >= 0.6 is 0 Å². The van der Waals surface area contributed by atoms with Crippen LogP contribution in [0.3, 0.4) is 0 Å². The molecule has 0 saturated heterocycles. The molecule has 0 fully saturated rings. The molecule has 4 heteroatoms. The van der Waals surface area contributed by atoms with Crippen LogP contribution in [-0.4, -0.2) is 24.2 Å². The van der Waals surface area contributed by atoms with Crippen LogP contribution in [0.15, 0.2) is 35.9 Å². The number of ether oxygens (including phenoxy) is 1. The van der Waals surface area contributed by atoms with Crippen LogP contribution in [0.2, 0.25) is 0 Å². The molecule has 2 N–H and O–H groups in total. The van der Waals surface area contributed by atoms with Crippen LogP contribution < -0.4 is 10.1 Å². The molecule has 1 aliphatic rings. The third kappa shape index (κ3) is 5.60. The number of aliphatic hydroxyl groups excluding tert-OH is 1. The highest BCUT2D eigenvalue weighted by Gasteiger charge is 2.06. The Labute approximate surface area is 125 Å². The van der Waals surface area contributed by atoms with Gasteiger partial charge in [-0.25, -0.2) is 0 Å². The SMILES string of the molecule is O=C(COc1cccc(CO)c1)NCCC1=CCCCC1. The Morgan fingerprint density at radius 3 is 3.00 bits per heavy atom. The molecule has 0 aliphatic heterocycles. The van der Waals surface area contributed by atoms with Crippen molar-refractivity contribution in [3.63, 3.8) is 0 Å². The van der Waals surface area contributed by atoms with Gasteiger partial charge < -0.3 is 15.2 Å². The molecule has 1 aromatic carbocycles. The molecule has 1 aliphatic carbocycles. The smallest absolute Gasteiger partial charge is 0.257 e. The second-order valence-electron chi connectivity index (χ2n) is 5.30. The lowest BCUT2D eigenvalue weighted by Crippen LogP contribution is -2.30. The second kappa shape index (κ2) is 8.47. The standard InChI is InChI=1S/C17H23NO3/c19-12-15-7-4-8-16(11-15)21-13-17(20)18-10-9-14-5-2-1-3-6-14/h4-5,7-8,11,19H,1-3,6,9-10,12-13H2,(H,18,20). The number of aliphatic hydroxyl groups is 1. The Kier molecular flexibility index (Phi) is 6.28. The molecule has 1 aromatic rings. The summed E-state index contributed by atoms with van der Waals surface area (Å²) in [5.74, 6) is 0.493. The maximum Gasteiger partial charge on any atom is 0.257 e. The first-order valence-corrected chi connectivity index (χ1v) is 7.55. The predicted octanol–water partition coefficient (Wildman–Crippen LogP) is 2.56. The molecule has 2 rings (SSSR count). The van der Waals surface area contributed by atoms with Gasteiger partial charge in [0.25, 0.3) is 5.91 Å². The number of allylic oxidation sites excluding steroid dienone is 1. The highest BCUT2D eigenvalue weighted by molar-refractivity contribution is 5.77. The maximum atomic E-state index is 11.7. The minimum absolute atomic E-state index is 0.00787. The highest BCUT2D eigenvalue weighted by Crippen LogP contribution is 2.19. The molecule has 0 radical (unpaired) electrons. The molecule has 0 unspecified atom stereocenters. The zero-order valence-corrected chi connectivity index (χ0v) is 12.3. The zero-order valence-electron chi connectivity index (χ0n) is 12.3. The molecule has 0 atom stereocenters. The first-order valence-electron chi connectivity index (χ1n) is 7.55. The molecule has 21 heavy (non-hydrogen) atoms. The van der Waals surface area contributed by atoms with Crippen LogP contribution in [0.5, 0.6) is 5.75 Å². The monoisotopic (exact) mass is 289 g/mol. The van der Waals surface area contributed by atoms with Gasteiger partial charge in [0.15, 0.2) is 6.61 Å². The molecule has 0 aromatic heterocycles. The third-order valence-corrected chi connectivity index (χ3v) is 3.60. The molecule has 0 bridgehead atoms. The quantitative estimate of drug-likeness (QED) is 0.758. The number of amides is 1. The number of carbonyl (C=O) groups excluding carboxylic acids is 1. The van der Waals surface area contributed by atoms with Gasteiger partial charge in [-0.2, -0.15) is 0 Å². The molecule has 114 valence electrons. The van der Waals surface area contributed by atoms with Crippen molar-refractivity contribution in [2.75, 3.05) is 13.2 Å². The fraction of sp³-hybridized carbons (Fsp3) is 0.471. The van der Waals surface area contributed by atoms with Gasteiger partial charge in [0.05, 0.1) is 6.61 Å². The fourth-order valence-corrected chi connectivity index (χ4v) is 2.43. The first-order chi connectivity index (χ1) is 10.3. The summed E-state index contributed by atoms with van der Waals surface area (Å²) in [6.45, 7) is 0.650. The van der Waals surface area contributed by atoms with Gasteiger partial charge >= 0.3 is 0 Å². The van der Waals surface area contributed by atoms with E-state index in [1.807, 2.05) is 6.07 Å². The number of hydrogen-bond acceptors (Lipinski definition) is 3. The molecule has 0 saturated carbocycles. The number of rotatable bonds is 7. The Hall–Kier alpha value is -1.81. The molecule has 4 nitrogen and oxygen atoms in total. The minimum Gasteiger partial charge on any atom is -0.484 e. The van der Waals surface area contributed by atoms with E-state index in [1.165, 1.54) is 31.3 Å². The van der Waals surface area contributed by atoms with Crippen LogP contribution in [0.1, 0.15) is 37.7 Å². The fourth-order valence-electron chi connectivity index (χ4n) is 2.43. The van der Waals surface area contributed by atoms with E-state index >= 15 is 0 Å². The van der Waals surface area contributed by atoms with E-state index in [0.717, 1.165) is 12.0 Å². The third-order valence-electron chi connectivity index (χ3n) is 3.60. The van der Waals surface area contributed by atoms with E-state index < -0.39 is 0 Å². The topological polar surface area (TPSA) is 58.6 Å². The van der Waals surface area contributed by atoms with E-state index in [9.17, 15) is 4.79 Å². The number of benzene rings is 1. The lowest BCUT2D eigenvalue weighted by atomic mass is 9.97. The molecule has 0 heterocycles. The summed E-state index contributed by atoms with van der Waals surface area (Å²) in [5, 5.41) is 11.9. The van der Waals surface area contributed by atoms with Gasteiger partial charge in [-0.05, 0) is 49.8 Å². The summed E-state index contributed by atoms with van der Waals surface area (Å²) < 4.78 is 5.42. The van der Waals surface area contributed by atoms with Crippen molar-refractivity contribution in [1.82, 2.24) is 5.32 Å². The van der Waals surface area contributed by atoms with Gasteiger partial charge in [-0.15, -0.1) is 0 Å². The molecule has 0 spiro atoms. The van der Waals surface area contributed by atoms with Gasteiger partial charge in [-0.1, -0.05) is 23.8 Å². The highest BCUT2D eigenvalue weighted by atomic mass is 16.5. The van der Waals surface area contributed by atoms with Crippen LogP contribution in [0, 0.1) is 0 Å². The average Bonchev–Trinajstić information content (AvgIpc) is 2.54. The number of hydrogen-bond donors (Lipinski definition) is 2. The Balaban J connectivity index is 1.66. The van der Waals surface area contributed by atoms with Crippen LogP contribution in [0.25, 0.3) is 0 Å². The Morgan fingerprint density at radius 1 is 1.33 bits per heavy atom. The Bertz CT molecular complexity index is 497. The van der Waals surface area contributed by atoms with Crippen LogP contribution in [-0.2, 0) is 11.4 Å². The zero-order chi connectivity index (χ0) is 14.9. The van der Waals surface area contributed by atoms with Crippen molar-refractivity contribution in [2.45, 2.75) is 38.7 Å².